The molecule has 0 saturated heterocycles. The fourth-order valence-electron chi connectivity index (χ4n) is 0.701. The van der Waals surface area contributed by atoms with E-state index >= 15 is 0 Å². The van der Waals surface area contributed by atoms with Crippen LogP contribution in [0.25, 0.3) is 0 Å². The largest absolute Gasteiger partial charge is 0.481 e. The van der Waals surface area contributed by atoms with Gasteiger partial charge in [0.1, 0.15) is 0 Å². The van der Waals surface area contributed by atoms with Crippen LogP contribution >= 0.6 is 0 Å². The number of carbonyl (C=O) groups excluding carboxylic acids is 1. The summed E-state index contributed by atoms with van der Waals surface area (Å²) in [5, 5.41) is 11.0. The lowest BCUT2D eigenvalue weighted by molar-refractivity contribution is -0.139. The van der Waals surface area contributed by atoms with Crippen molar-refractivity contribution in [3.8, 4) is 0 Å². The van der Waals surface area contributed by atoms with Gasteiger partial charge >= 0.3 is 5.97 Å². The molecule has 0 unspecified atom stereocenters. The summed E-state index contributed by atoms with van der Waals surface area (Å²) in [6, 6.07) is 0. The number of nitrogens with one attached hydrogen (secondary N) is 1. The molecule has 0 atom stereocenters. The van der Waals surface area contributed by atoms with E-state index in [-0.39, 0.29) is 24.3 Å². The third-order valence-corrected chi connectivity index (χ3v) is 1.08. The van der Waals surface area contributed by atoms with Gasteiger partial charge in [0, 0.05) is 12.0 Å². The highest BCUT2D eigenvalue weighted by atomic mass is 16.4. The molecule has 0 heterocycles. The van der Waals surface area contributed by atoms with Crippen molar-refractivity contribution < 1.29 is 14.7 Å². The molecule has 0 saturated carbocycles. The maximum absolute atomic E-state index is 11.0. The van der Waals surface area contributed by atoms with Crippen molar-refractivity contribution in [1.29, 1.82) is 0 Å². The summed E-state index contributed by atoms with van der Waals surface area (Å²) in [6.07, 6.45) is -0.0610. The Morgan fingerprint density at radius 2 is 1.57 bits per heavy atom. The van der Waals surface area contributed by atoms with Crippen LogP contribution in [0.5, 0.6) is 0 Å². The molecule has 4 nitrogen and oxygen atoms in total. The fourth-order valence-corrected chi connectivity index (χ4v) is 0.701. The van der Waals surface area contributed by atoms with E-state index < -0.39 is 5.97 Å². The molecule has 0 aliphatic rings. The number of carboxylic acids is 1. The molecule has 14 heavy (non-hydrogen) atoms. The first-order valence-corrected chi connectivity index (χ1v) is 4.84. The topological polar surface area (TPSA) is 66.4 Å². The van der Waals surface area contributed by atoms with E-state index in [0.29, 0.717) is 0 Å². The molecule has 0 fully saturated rings. The van der Waals surface area contributed by atoms with Gasteiger partial charge in [0.05, 0.1) is 6.42 Å². The van der Waals surface area contributed by atoms with Crippen molar-refractivity contribution in [2.24, 2.45) is 0 Å². The van der Waals surface area contributed by atoms with E-state index in [1.807, 2.05) is 34.6 Å². The van der Waals surface area contributed by atoms with Gasteiger partial charge in [-0.15, -0.1) is 0 Å². The van der Waals surface area contributed by atoms with Crippen LogP contribution in [-0.2, 0) is 9.59 Å². The zero-order valence-corrected chi connectivity index (χ0v) is 9.68. The van der Waals surface area contributed by atoms with Gasteiger partial charge in [0.25, 0.3) is 0 Å². The zero-order valence-electron chi connectivity index (χ0n) is 9.68. The molecule has 0 aromatic carbocycles. The summed E-state index contributed by atoms with van der Waals surface area (Å²) in [5.41, 5.74) is -0.282. The normalized spacial score (nSPS) is 9.79. The van der Waals surface area contributed by atoms with E-state index in [4.69, 9.17) is 5.11 Å². The van der Waals surface area contributed by atoms with E-state index in [1.165, 1.54) is 0 Å². The molecular formula is C10H21NO3. The Hall–Kier alpha value is -1.06. The van der Waals surface area contributed by atoms with Gasteiger partial charge in [-0.1, -0.05) is 13.8 Å². The molecule has 1 amide bonds. The van der Waals surface area contributed by atoms with Crippen molar-refractivity contribution in [2.75, 3.05) is 0 Å². The molecule has 84 valence electrons. The van der Waals surface area contributed by atoms with Gasteiger partial charge < -0.3 is 10.4 Å². The lowest BCUT2D eigenvalue weighted by Gasteiger charge is -2.20. The Bertz CT molecular complexity index is 182. The highest BCUT2D eigenvalue weighted by molar-refractivity contribution is 5.81. The van der Waals surface area contributed by atoms with E-state index in [0.717, 1.165) is 0 Å². The molecule has 4 heteroatoms. The van der Waals surface area contributed by atoms with Crippen molar-refractivity contribution in [1.82, 2.24) is 5.32 Å². The van der Waals surface area contributed by atoms with Gasteiger partial charge in [-0.2, -0.15) is 0 Å². The van der Waals surface area contributed by atoms with Crippen molar-refractivity contribution in [3.63, 3.8) is 0 Å². The van der Waals surface area contributed by atoms with Crippen LogP contribution in [-0.4, -0.2) is 22.5 Å². The maximum atomic E-state index is 11.0. The third kappa shape index (κ3) is 13.5. The molecule has 0 aromatic heterocycles. The van der Waals surface area contributed by atoms with Gasteiger partial charge in [-0.3, -0.25) is 9.59 Å². The first-order chi connectivity index (χ1) is 6.31. The number of aliphatic carboxylic acids is 1. The Balaban J connectivity index is 0. The summed E-state index contributed by atoms with van der Waals surface area (Å²) in [4.78, 5) is 21.1. The molecule has 2 N–H and O–H groups in total. The minimum absolute atomic E-state index is 0.0482. The average Bonchev–Trinajstić information content (AvgIpc) is 2.02. The Morgan fingerprint density at radius 3 is 1.86 bits per heavy atom. The summed E-state index contributed by atoms with van der Waals surface area (Å²) in [5.74, 6) is -1.16. The third-order valence-electron chi connectivity index (χ3n) is 1.08. The number of carboxylic acid groups (broad SMARTS) is 1. The molecule has 0 rings (SSSR count). The van der Waals surface area contributed by atoms with Crippen LogP contribution in [0.15, 0.2) is 0 Å². The average molecular weight is 203 g/mol. The van der Waals surface area contributed by atoms with Gasteiger partial charge in [-0.05, 0) is 20.8 Å². The smallest absolute Gasteiger partial charge is 0.303 e. The van der Waals surface area contributed by atoms with Crippen LogP contribution in [0.2, 0.25) is 0 Å². The zero-order chi connectivity index (χ0) is 11.8. The highest BCUT2D eigenvalue weighted by Gasteiger charge is 2.13. The lowest BCUT2D eigenvalue weighted by Crippen LogP contribution is -2.40. The van der Waals surface area contributed by atoms with E-state index in [1.54, 1.807) is 0 Å². The van der Waals surface area contributed by atoms with Gasteiger partial charge in [0.2, 0.25) is 5.91 Å². The molecule has 0 radical (unpaired) electrons. The number of hydrogen-bond donors (Lipinski definition) is 2. The molecule has 0 bridgehead atoms. The quantitative estimate of drug-likeness (QED) is 0.735. The second-order valence-corrected chi connectivity index (χ2v) is 3.69. The SMILES string of the molecule is CC.CC(C)(C)NC(=O)CCC(=O)O. The van der Waals surface area contributed by atoms with Crippen molar-refractivity contribution in [2.45, 2.75) is 53.0 Å². The van der Waals surface area contributed by atoms with Gasteiger partial charge in [0.15, 0.2) is 0 Å². The number of amides is 1. The molecule has 0 aromatic rings. The number of rotatable bonds is 3. The lowest BCUT2D eigenvalue weighted by atomic mass is 10.1. The Labute approximate surface area is 85.7 Å². The number of hydrogen-bond acceptors (Lipinski definition) is 2. The summed E-state index contributed by atoms with van der Waals surface area (Å²) in [6.45, 7) is 9.56. The second kappa shape index (κ2) is 7.35. The summed E-state index contributed by atoms with van der Waals surface area (Å²) >= 11 is 0. The van der Waals surface area contributed by atoms with Crippen molar-refractivity contribution >= 4 is 11.9 Å². The van der Waals surface area contributed by atoms with Crippen LogP contribution in [0.3, 0.4) is 0 Å². The van der Waals surface area contributed by atoms with Crippen LogP contribution < -0.4 is 5.32 Å². The fraction of sp³-hybridized carbons (Fsp3) is 0.800. The standard InChI is InChI=1S/C8H15NO3.C2H6/c1-8(2,3)9-6(10)4-5-7(11)12;1-2/h4-5H2,1-3H3,(H,9,10)(H,11,12);1-2H3. The maximum Gasteiger partial charge on any atom is 0.303 e. The highest BCUT2D eigenvalue weighted by Crippen LogP contribution is 2.00. The van der Waals surface area contributed by atoms with Gasteiger partial charge in [-0.25, -0.2) is 0 Å². The minimum Gasteiger partial charge on any atom is -0.481 e. The first kappa shape index (κ1) is 15.4. The molecular weight excluding hydrogens is 182 g/mol. The monoisotopic (exact) mass is 203 g/mol. The minimum atomic E-state index is -0.945. The predicted octanol–water partition coefficient (Wildman–Crippen LogP) is 1.79. The second-order valence-electron chi connectivity index (χ2n) is 3.69. The van der Waals surface area contributed by atoms with E-state index in [9.17, 15) is 9.59 Å². The van der Waals surface area contributed by atoms with Crippen molar-refractivity contribution in [3.05, 3.63) is 0 Å². The first-order valence-electron chi connectivity index (χ1n) is 4.84. The molecule has 0 aliphatic carbocycles. The Kier molecular flexibility index (Phi) is 8.10. The summed E-state index contributed by atoms with van der Waals surface area (Å²) in [7, 11) is 0. The number of carbonyl (C=O) groups is 2. The summed E-state index contributed by atoms with van der Waals surface area (Å²) < 4.78 is 0. The molecule has 0 aliphatic heterocycles. The van der Waals surface area contributed by atoms with Crippen LogP contribution in [0.1, 0.15) is 47.5 Å². The van der Waals surface area contributed by atoms with Crippen LogP contribution in [0, 0.1) is 0 Å². The van der Waals surface area contributed by atoms with E-state index in [2.05, 4.69) is 5.32 Å². The Morgan fingerprint density at radius 1 is 1.14 bits per heavy atom. The predicted molar refractivity (Wildman–Crippen MR) is 56.1 cm³/mol. The van der Waals surface area contributed by atoms with Crippen LogP contribution in [0.4, 0.5) is 0 Å². The molecule has 0 spiro atoms.